The van der Waals surface area contributed by atoms with Crippen molar-refractivity contribution in [3.63, 3.8) is 0 Å². The number of carbonyl (C=O) groups excluding carboxylic acids is 1. The molecule has 0 spiro atoms. The van der Waals surface area contributed by atoms with E-state index >= 15 is 0 Å². The molecule has 1 N–H and O–H groups in total. The van der Waals surface area contributed by atoms with E-state index in [0.717, 1.165) is 31.7 Å². The molecule has 0 heterocycles. The summed E-state index contributed by atoms with van der Waals surface area (Å²) in [6, 6.07) is 12.9. The topological polar surface area (TPSA) is 78.8 Å². The Morgan fingerprint density at radius 3 is 2.62 bits per heavy atom. The van der Waals surface area contributed by atoms with Crippen molar-refractivity contribution in [2.75, 3.05) is 17.1 Å². The van der Waals surface area contributed by atoms with Crippen molar-refractivity contribution in [1.29, 1.82) is 0 Å². The molecule has 0 saturated heterocycles. The van der Waals surface area contributed by atoms with Crippen LogP contribution in [-0.2, 0) is 14.8 Å². The van der Waals surface area contributed by atoms with E-state index in [1.165, 1.54) is 6.21 Å². The summed E-state index contributed by atoms with van der Waals surface area (Å²) in [6.07, 6.45) is 2.57. The molecular formula is C18H20BrN3O3S. The predicted molar refractivity (Wildman–Crippen MR) is 108 cm³/mol. The number of rotatable bonds is 6. The maximum absolute atomic E-state index is 12.2. The number of hydrazone groups is 1. The lowest BCUT2D eigenvalue weighted by Gasteiger charge is -2.23. The molecule has 0 radical (unpaired) electrons. The lowest BCUT2D eigenvalue weighted by Crippen LogP contribution is -2.39. The Kier molecular flexibility index (Phi) is 6.55. The number of hydrogen-bond acceptors (Lipinski definition) is 4. The number of aryl methyl sites for hydroxylation is 2. The highest BCUT2D eigenvalue weighted by molar-refractivity contribution is 9.10. The van der Waals surface area contributed by atoms with Crippen LogP contribution in [0.3, 0.4) is 0 Å². The summed E-state index contributed by atoms with van der Waals surface area (Å²) in [7, 11) is -3.62. The van der Waals surface area contributed by atoms with Crippen LogP contribution in [0.1, 0.15) is 16.7 Å². The van der Waals surface area contributed by atoms with E-state index < -0.39 is 15.9 Å². The van der Waals surface area contributed by atoms with Gasteiger partial charge in [0.15, 0.2) is 0 Å². The molecule has 0 atom stereocenters. The van der Waals surface area contributed by atoms with Gasteiger partial charge in [-0.25, -0.2) is 13.8 Å². The lowest BCUT2D eigenvalue weighted by atomic mass is 10.1. The van der Waals surface area contributed by atoms with E-state index in [9.17, 15) is 13.2 Å². The first-order chi connectivity index (χ1) is 12.2. The fraction of sp³-hybridized carbons (Fsp3) is 0.222. The van der Waals surface area contributed by atoms with Crippen LogP contribution in [0, 0.1) is 13.8 Å². The zero-order valence-electron chi connectivity index (χ0n) is 14.7. The van der Waals surface area contributed by atoms with Gasteiger partial charge in [0.1, 0.15) is 6.54 Å². The predicted octanol–water partition coefficient (Wildman–Crippen LogP) is 2.98. The Morgan fingerprint density at radius 2 is 1.96 bits per heavy atom. The number of nitrogens with zero attached hydrogens (tertiary/aromatic N) is 2. The van der Waals surface area contributed by atoms with Crippen LogP contribution in [0.15, 0.2) is 52.0 Å². The summed E-state index contributed by atoms with van der Waals surface area (Å²) in [6.45, 7) is 3.32. The highest BCUT2D eigenvalue weighted by Gasteiger charge is 2.22. The standard InChI is InChI=1S/C18H20BrN3O3S/c1-13-7-8-14(2)17(9-13)22(26(3,24)25)12-18(23)21-20-11-15-5-4-6-16(19)10-15/h4-11H,12H2,1-3H3,(H,21,23)/b20-11-. The first kappa shape index (κ1) is 20.1. The Balaban J connectivity index is 2.14. The van der Waals surface area contributed by atoms with Crippen LogP contribution in [-0.4, -0.2) is 33.3 Å². The van der Waals surface area contributed by atoms with Gasteiger partial charge in [0.2, 0.25) is 10.0 Å². The SMILES string of the molecule is Cc1ccc(C)c(N(CC(=O)N/N=C\c2cccc(Br)c2)S(C)(=O)=O)c1. The van der Waals surface area contributed by atoms with Crippen molar-refractivity contribution in [1.82, 2.24) is 5.43 Å². The molecule has 0 aromatic heterocycles. The van der Waals surface area contributed by atoms with Gasteiger partial charge in [-0.05, 0) is 48.7 Å². The van der Waals surface area contributed by atoms with Crippen LogP contribution in [0.25, 0.3) is 0 Å². The fourth-order valence-electron chi connectivity index (χ4n) is 2.30. The minimum Gasteiger partial charge on any atom is -0.271 e. The Labute approximate surface area is 162 Å². The van der Waals surface area contributed by atoms with E-state index in [4.69, 9.17) is 0 Å². The van der Waals surface area contributed by atoms with Crippen molar-refractivity contribution in [3.8, 4) is 0 Å². The molecule has 2 rings (SSSR count). The summed E-state index contributed by atoms with van der Waals surface area (Å²) in [5.74, 6) is -0.525. The van der Waals surface area contributed by atoms with Crippen LogP contribution in [0.4, 0.5) is 5.69 Å². The minimum atomic E-state index is -3.62. The zero-order valence-corrected chi connectivity index (χ0v) is 17.1. The van der Waals surface area contributed by atoms with Gasteiger partial charge in [0.05, 0.1) is 18.2 Å². The molecule has 26 heavy (non-hydrogen) atoms. The van der Waals surface area contributed by atoms with Crippen LogP contribution in [0.2, 0.25) is 0 Å². The number of carbonyl (C=O) groups is 1. The fourth-order valence-corrected chi connectivity index (χ4v) is 3.62. The third kappa shape index (κ3) is 5.67. The lowest BCUT2D eigenvalue weighted by molar-refractivity contribution is -0.119. The molecule has 2 aromatic rings. The summed E-state index contributed by atoms with van der Waals surface area (Å²) in [5.41, 5.74) is 5.33. The first-order valence-electron chi connectivity index (χ1n) is 7.79. The van der Waals surface area contributed by atoms with Crippen molar-refractivity contribution in [2.24, 2.45) is 5.10 Å². The van der Waals surface area contributed by atoms with Gasteiger partial charge in [0.25, 0.3) is 5.91 Å². The number of nitrogens with one attached hydrogen (secondary N) is 1. The number of sulfonamides is 1. The van der Waals surface area contributed by atoms with Crippen molar-refractivity contribution < 1.29 is 13.2 Å². The smallest absolute Gasteiger partial charge is 0.260 e. The maximum Gasteiger partial charge on any atom is 0.260 e. The molecule has 138 valence electrons. The quantitative estimate of drug-likeness (QED) is 0.557. The molecule has 0 saturated carbocycles. The Hall–Kier alpha value is -2.19. The van der Waals surface area contributed by atoms with Crippen molar-refractivity contribution in [2.45, 2.75) is 13.8 Å². The number of anilines is 1. The maximum atomic E-state index is 12.2. The van der Waals surface area contributed by atoms with Gasteiger partial charge < -0.3 is 0 Å². The van der Waals surface area contributed by atoms with E-state index in [-0.39, 0.29) is 6.54 Å². The average Bonchev–Trinajstić information content (AvgIpc) is 2.54. The monoisotopic (exact) mass is 437 g/mol. The second kappa shape index (κ2) is 8.46. The Bertz CT molecular complexity index is 942. The molecule has 0 aliphatic heterocycles. The minimum absolute atomic E-state index is 0.348. The molecule has 0 aliphatic rings. The van der Waals surface area contributed by atoms with E-state index in [2.05, 4.69) is 26.5 Å². The van der Waals surface area contributed by atoms with Crippen LogP contribution >= 0.6 is 15.9 Å². The normalized spacial score (nSPS) is 11.5. The second-order valence-electron chi connectivity index (χ2n) is 5.91. The largest absolute Gasteiger partial charge is 0.271 e. The second-order valence-corrected chi connectivity index (χ2v) is 8.73. The van der Waals surface area contributed by atoms with Gasteiger partial charge >= 0.3 is 0 Å². The van der Waals surface area contributed by atoms with Gasteiger partial charge in [0, 0.05) is 4.47 Å². The molecule has 0 aliphatic carbocycles. The van der Waals surface area contributed by atoms with Crippen molar-refractivity contribution in [3.05, 3.63) is 63.6 Å². The van der Waals surface area contributed by atoms with Crippen molar-refractivity contribution >= 4 is 43.8 Å². The molecule has 8 heteroatoms. The van der Waals surface area contributed by atoms with E-state index in [1.807, 2.05) is 43.3 Å². The first-order valence-corrected chi connectivity index (χ1v) is 10.4. The third-order valence-electron chi connectivity index (χ3n) is 3.57. The highest BCUT2D eigenvalue weighted by Crippen LogP contribution is 2.23. The third-order valence-corrected chi connectivity index (χ3v) is 5.19. The summed E-state index contributed by atoms with van der Waals surface area (Å²) in [5, 5.41) is 3.88. The molecule has 6 nitrogen and oxygen atoms in total. The van der Waals surface area contributed by atoms with Gasteiger partial charge in [-0.2, -0.15) is 5.10 Å². The molecule has 0 fully saturated rings. The molecule has 2 aromatic carbocycles. The average molecular weight is 438 g/mol. The van der Waals surface area contributed by atoms with E-state index in [1.54, 1.807) is 13.0 Å². The zero-order chi connectivity index (χ0) is 19.3. The van der Waals surface area contributed by atoms with Crippen LogP contribution < -0.4 is 9.73 Å². The number of benzene rings is 2. The van der Waals surface area contributed by atoms with E-state index in [0.29, 0.717) is 5.69 Å². The summed E-state index contributed by atoms with van der Waals surface area (Å²) < 4.78 is 26.3. The van der Waals surface area contributed by atoms with Gasteiger partial charge in [-0.15, -0.1) is 0 Å². The Morgan fingerprint density at radius 1 is 1.23 bits per heavy atom. The van der Waals surface area contributed by atoms with Gasteiger partial charge in [-0.3, -0.25) is 9.10 Å². The van der Waals surface area contributed by atoms with Crippen LogP contribution in [0.5, 0.6) is 0 Å². The summed E-state index contributed by atoms with van der Waals surface area (Å²) in [4.78, 5) is 12.2. The number of halogens is 1. The number of hydrogen-bond donors (Lipinski definition) is 1. The molecular weight excluding hydrogens is 418 g/mol. The highest BCUT2D eigenvalue weighted by atomic mass is 79.9. The number of amides is 1. The molecule has 0 bridgehead atoms. The van der Waals surface area contributed by atoms with Gasteiger partial charge in [-0.1, -0.05) is 40.2 Å². The molecule has 1 amide bonds. The molecule has 0 unspecified atom stereocenters. The summed E-state index contributed by atoms with van der Waals surface area (Å²) >= 11 is 3.35.